The molecule has 27 unspecified atom stereocenters. The van der Waals surface area contributed by atoms with Gasteiger partial charge in [0.25, 0.3) is 0 Å². The van der Waals surface area contributed by atoms with Crippen LogP contribution in [0.5, 0.6) is 0 Å². The second-order valence-corrected chi connectivity index (χ2v) is 26.3. The highest BCUT2D eigenvalue weighted by molar-refractivity contribution is 5.65. The molecule has 0 bridgehead atoms. The molecule has 0 aromatic heterocycles. The Kier molecular flexibility index (Phi) is 5.78. The second-order valence-electron chi connectivity index (χ2n) is 26.3. The number of likely N-dealkylation sites (tertiary alicyclic amines) is 1. The lowest BCUT2D eigenvalue weighted by atomic mass is 9.33. The fourth-order valence-electron chi connectivity index (χ4n) is 27.7. The number of rotatable bonds is 9. The van der Waals surface area contributed by atoms with Crippen LogP contribution in [0.4, 0.5) is 0 Å². The molecule has 18 rings (SSSR count). The first-order valence-electron chi connectivity index (χ1n) is 27.1. The highest BCUT2D eigenvalue weighted by atomic mass is 15.2. The van der Waals surface area contributed by atoms with E-state index >= 15 is 0 Å². The van der Waals surface area contributed by atoms with Gasteiger partial charge in [0.15, 0.2) is 0 Å². The summed E-state index contributed by atoms with van der Waals surface area (Å²) in [6.45, 7) is 3.75. The van der Waals surface area contributed by atoms with Crippen molar-refractivity contribution >= 4 is 0 Å². The van der Waals surface area contributed by atoms with Gasteiger partial charge in [-0.1, -0.05) is 93.0 Å². The first-order valence-corrected chi connectivity index (χ1v) is 27.1. The minimum absolute atomic E-state index is 0.313. The summed E-state index contributed by atoms with van der Waals surface area (Å²) in [6.07, 6.45) is 30.0. The molecule has 1 aromatic rings. The van der Waals surface area contributed by atoms with Crippen LogP contribution in [0.15, 0.2) is 58.7 Å². The molecule has 0 radical (unpaired) electrons. The Hall–Kier alpha value is -1.60. The maximum absolute atomic E-state index is 3.14. The smallest absolute Gasteiger partial charge is 0.0457 e. The van der Waals surface area contributed by atoms with E-state index in [1.165, 1.54) is 88.5 Å². The van der Waals surface area contributed by atoms with E-state index in [-0.39, 0.29) is 0 Å². The lowest BCUT2D eigenvalue weighted by Gasteiger charge is -2.69. The largest absolute Gasteiger partial charge is 0.297 e. The van der Waals surface area contributed by atoms with E-state index in [2.05, 4.69) is 66.4 Å². The molecule has 1 saturated heterocycles. The van der Waals surface area contributed by atoms with E-state index in [0.717, 1.165) is 124 Å². The predicted octanol–water partition coefficient (Wildman–Crippen LogP) is 12.2. The van der Waals surface area contributed by atoms with Gasteiger partial charge in [-0.05, 0) is 236 Å². The van der Waals surface area contributed by atoms with E-state index in [1.54, 1.807) is 44.1 Å². The van der Waals surface area contributed by atoms with Crippen LogP contribution in [0.3, 0.4) is 0 Å². The molecule has 1 heterocycles. The Morgan fingerprint density at radius 3 is 1.71 bits per heavy atom. The molecular formula is C58H71N. The average molecular weight is 782 g/mol. The van der Waals surface area contributed by atoms with Crippen LogP contribution in [0.25, 0.3) is 0 Å². The van der Waals surface area contributed by atoms with Crippen molar-refractivity contribution in [2.75, 3.05) is 13.6 Å². The van der Waals surface area contributed by atoms with Crippen molar-refractivity contribution in [3.05, 3.63) is 69.8 Å². The molecule has 1 nitrogen and oxygen atoms in total. The summed E-state index contributed by atoms with van der Waals surface area (Å²) in [5.74, 6) is 26.2. The van der Waals surface area contributed by atoms with Crippen molar-refractivity contribution in [1.82, 2.24) is 4.90 Å². The van der Waals surface area contributed by atoms with Crippen LogP contribution in [0.2, 0.25) is 0 Å². The summed E-state index contributed by atoms with van der Waals surface area (Å²) < 4.78 is 0. The van der Waals surface area contributed by atoms with Gasteiger partial charge in [-0.25, -0.2) is 0 Å². The Morgan fingerprint density at radius 2 is 1.03 bits per heavy atom. The van der Waals surface area contributed by atoms with Crippen molar-refractivity contribution in [1.29, 1.82) is 0 Å². The Bertz CT molecular complexity index is 2230. The number of allylic oxidation sites excluding steroid dienone is 4. The standard InChI is InChI=1S/C58H71N/c1-3-4-5-6-7-8-9-12-26-13-10-11-14-27(26)56-58-37-24-23-36-34-21-19-32-30-17-15-28-29-16-18-31-33-20-22-35(37)45-43(33)48-41(31)39(29)46-38(28)40(30)47-42(32)44(34)54(57(36,58)25-59(56)2)52-50(47)49(46)51(48)53(52)55(45)58/h10-11,13-14,23-24,28-33,38-56H,3-9,12,15-22,25H2,1-2H3. The molecule has 1 aliphatic heterocycles. The van der Waals surface area contributed by atoms with Gasteiger partial charge < -0.3 is 0 Å². The van der Waals surface area contributed by atoms with Crippen molar-refractivity contribution in [3.8, 4) is 0 Å². The number of hydrogen-bond acceptors (Lipinski definition) is 1. The maximum atomic E-state index is 3.14. The number of benzene rings is 1. The predicted molar refractivity (Wildman–Crippen MR) is 232 cm³/mol. The maximum Gasteiger partial charge on any atom is 0.0457 e. The molecule has 1 aromatic carbocycles. The normalized spacial score (nSPS) is 62.7. The van der Waals surface area contributed by atoms with Gasteiger partial charge in [0, 0.05) is 23.4 Å². The number of hydrogen-bond donors (Lipinski definition) is 0. The molecule has 27 atom stereocenters. The highest BCUT2D eigenvalue weighted by Crippen LogP contribution is 2.96. The van der Waals surface area contributed by atoms with E-state index in [0.29, 0.717) is 16.9 Å². The molecule has 0 amide bonds. The quantitative estimate of drug-likeness (QED) is 0.226. The minimum Gasteiger partial charge on any atom is -0.297 e. The molecule has 1 heteroatoms. The summed E-state index contributed by atoms with van der Waals surface area (Å²) >= 11 is 0. The van der Waals surface area contributed by atoms with Crippen molar-refractivity contribution in [3.63, 3.8) is 0 Å². The molecule has 308 valence electrons. The summed E-state index contributed by atoms with van der Waals surface area (Å²) in [5.41, 5.74) is 12.6. The van der Waals surface area contributed by atoms with Gasteiger partial charge in [-0.2, -0.15) is 0 Å². The van der Waals surface area contributed by atoms with E-state index < -0.39 is 0 Å². The number of aryl methyl sites for hydroxylation is 1. The zero-order valence-corrected chi connectivity index (χ0v) is 36.4. The van der Waals surface area contributed by atoms with Gasteiger partial charge in [0.2, 0.25) is 0 Å². The second kappa shape index (κ2) is 10.3. The Morgan fingerprint density at radius 1 is 0.525 bits per heavy atom. The van der Waals surface area contributed by atoms with Crippen LogP contribution >= 0.6 is 0 Å². The van der Waals surface area contributed by atoms with Crippen LogP contribution in [-0.2, 0) is 6.42 Å². The van der Waals surface area contributed by atoms with Gasteiger partial charge >= 0.3 is 0 Å². The molecule has 16 aliphatic carbocycles. The zero-order chi connectivity index (χ0) is 37.7. The summed E-state index contributed by atoms with van der Waals surface area (Å²) in [5, 5.41) is 0. The van der Waals surface area contributed by atoms with E-state index in [4.69, 9.17) is 0 Å². The fourth-order valence-corrected chi connectivity index (χ4v) is 27.7. The molecule has 2 spiro atoms. The third-order valence-corrected chi connectivity index (χ3v) is 26.8. The Balaban J connectivity index is 0.902. The SMILES string of the molecule is CCCCCCCCCc1ccccc1C1N(C)CC23C4=C5CCC6C7CCC8C9CCC%10C%11CCC%12=C(C=C4)C12C1C%12C%11C2C%10C9C4C8C7C7C6C5C3C3C7C4C2C31. The minimum atomic E-state index is 0.313. The van der Waals surface area contributed by atoms with Crippen molar-refractivity contribution < 1.29 is 0 Å². The van der Waals surface area contributed by atoms with Gasteiger partial charge in [-0.3, -0.25) is 4.90 Å². The first kappa shape index (κ1) is 33.0. The van der Waals surface area contributed by atoms with Crippen LogP contribution in [0, 0.1) is 153 Å². The first-order chi connectivity index (χ1) is 29.2. The average Bonchev–Trinajstić information content (AvgIpc) is 4.10. The summed E-state index contributed by atoms with van der Waals surface area (Å²) in [7, 11) is 2.71. The molecule has 59 heavy (non-hydrogen) atoms. The lowest BCUT2D eigenvalue weighted by molar-refractivity contribution is -0.190. The lowest BCUT2D eigenvalue weighted by Crippen LogP contribution is -2.67. The van der Waals surface area contributed by atoms with E-state index in [1.807, 2.05) is 16.7 Å². The third kappa shape index (κ3) is 3.01. The molecular weight excluding hydrogens is 711 g/mol. The fraction of sp³-hybridized carbons (Fsp3) is 0.793. The highest BCUT2D eigenvalue weighted by Gasteiger charge is 2.92. The zero-order valence-electron chi connectivity index (χ0n) is 36.4. The van der Waals surface area contributed by atoms with Crippen molar-refractivity contribution in [2.45, 2.75) is 116 Å². The molecule has 13 saturated carbocycles. The number of nitrogens with zero attached hydrogens (tertiary/aromatic N) is 1. The number of unbranched alkanes of at least 4 members (excludes halogenated alkanes) is 6. The van der Waals surface area contributed by atoms with Crippen LogP contribution in [0.1, 0.15) is 120 Å². The number of fused-ring (bicyclic) bond motifs is 3. The molecule has 14 fully saturated rings. The van der Waals surface area contributed by atoms with Gasteiger partial charge in [-0.15, -0.1) is 0 Å². The summed E-state index contributed by atoms with van der Waals surface area (Å²) in [4.78, 5) is 3.14. The van der Waals surface area contributed by atoms with Crippen LogP contribution < -0.4 is 0 Å². The summed E-state index contributed by atoms with van der Waals surface area (Å²) in [6, 6.07) is 10.9. The van der Waals surface area contributed by atoms with E-state index in [9.17, 15) is 0 Å². The molecule has 0 N–H and O–H groups in total. The third-order valence-electron chi connectivity index (χ3n) is 26.8. The van der Waals surface area contributed by atoms with Crippen LogP contribution in [-0.4, -0.2) is 18.5 Å². The molecule has 17 aliphatic rings. The van der Waals surface area contributed by atoms with Gasteiger partial charge in [0.1, 0.15) is 0 Å². The Labute approximate surface area is 355 Å². The topological polar surface area (TPSA) is 3.24 Å². The monoisotopic (exact) mass is 782 g/mol. The van der Waals surface area contributed by atoms with Crippen molar-refractivity contribution in [2.24, 2.45) is 153 Å². The van der Waals surface area contributed by atoms with Gasteiger partial charge in [0.05, 0.1) is 0 Å².